The number of benzene rings is 1. The molecule has 2 aromatic rings. The molecule has 8 heteroatoms. The molecule has 0 N–H and O–H groups in total. The molecule has 6 nitrogen and oxygen atoms in total. The molecule has 1 atom stereocenters. The summed E-state index contributed by atoms with van der Waals surface area (Å²) in [6, 6.07) is 10.1. The molecule has 1 fully saturated rings. The lowest BCUT2D eigenvalue weighted by atomic mass is 10.2. The average Bonchev–Trinajstić information content (AvgIpc) is 2.74. The van der Waals surface area contributed by atoms with Gasteiger partial charge < -0.3 is 14.4 Å². The Bertz CT molecular complexity index is 842. The van der Waals surface area contributed by atoms with Gasteiger partial charge in [-0.3, -0.25) is 4.79 Å². The molecule has 1 amide bonds. The van der Waals surface area contributed by atoms with E-state index >= 15 is 0 Å². The number of para-hydroxylation sites is 1. The van der Waals surface area contributed by atoms with Gasteiger partial charge in [0.25, 0.3) is 0 Å². The number of hydrogen-bond acceptors (Lipinski definition) is 6. The highest BCUT2D eigenvalue weighted by Gasteiger charge is 2.27. The van der Waals surface area contributed by atoms with Crippen LogP contribution in [0.5, 0.6) is 5.75 Å². The third-order valence-corrected chi connectivity index (χ3v) is 5.93. The number of carbonyl (C=O) groups is 2. The predicted octanol–water partition coefficient (Wildman–Crippen LogP) is 3.68. The molecule has 1 unspecified atom stereocenters. The minimum atomic E-state index is -0.558. The number of ether oxygens (including phenoxy) is 2. The van der Waals surface area contributed by atoms with Crippen LogP contribution in [0.25, 0.3) is 0 Å². The topological polar surface area (TPSA) is 68.7 Å². The van der Waals surface area contributed by atoms with E-state index in [9.17, 15) is 9.59 Å². The van der Waals surface area contributed by atoms with Crippen molar-refractivity contribution in [1.82, 2.24) is 9.88 Å². The number of esters is 1. The van der Waals surface area contributed by atoms with Crippen molar-refractivity contribution in [3.63, 3.8) is 0 Å². The summed E-state index contributed by atoms with van der Waals surface area (Å²) < 4.78 is 10.7. The zero-order valence-electron chi connectivity index (χ0n) is 15.5. The second kappa shape index (κ2) is 9.91. The number of aromatic nitrogens is 1. The van der Waals surface area contributed by atoms with Crippen LogP contribution >= 0.6 is 23.4 Å². The van der Waals surface area contributed by atoms with E-state index in [1.54, 1.807) is 47.5 Å². The number of amides is 1. The van der Waals surface area contributed by atoms with E-state index < -0.39 is 5.97 Å². The summed E-state index contributed by atoms with van der Waals surface area (Å²) in [6.07, 6.45) is 2.22. The van der Waals surface area contributed by atoms with Gasteiger partial charge in [-0.1, -0.05) is 42.4 Å². The molecule has 0 spiro atoms. The minimum absolute atomic E-state index is 0.0341. The van der Waals surface area contributed by atoms with E-state index in [0.29, 0.717) is 48.3 Å². The molecule has 0 saturated carbocycles. The molecule has 2 heterocycles. The lowest BCUT2D eigenvalue weighted by molar-refractivity contribution is -0.134. The second-order valence-electron chi connectivity index (χ2n) is 6.13. The number of halogens is 1. The molecule has 28 heavy (non-hydrogen) atoms. The standard InChI is InChI=1S/C20H21ClN2O4S/c1-2-17(19(24)23-10-12-26-13-11-23)28-18-14(6-5-9-22-18)20(25)27-16-8-4-3-7-15(16)21/h3-9,17H,2,10-13H2,1H3. The Kier molecular flexibility index (Phi) is 7.30. The number of thioether (sulfide) groups is 1. The van der Waals surface area contributed by atoms with Crippen molar-refractivity contribution < 1.29 is 19.1 Å². The van der Waals surface area contributed by atoms with Crippen molar-refractivity contribution in [3.05, 3.63) is 53.2 Å². The van der Waals surface area contributed by atoms with Crippen LogP contribution in [0.15, 0.2) is 47.6 Å². The van der Waals surface area contributed by atoms with Gasteiger partial charge in [-0.25, -0.2) is 9.78 Å². The third kappa shape index (κ3) is 5.04. The first kappa shape index (κ1) is 20.6. The molecule has 1 aliphatic rings. The molecule has 1 aromatic carbocycles. The summed E-state index contributed by atoms with van der Waals surface area (Å²) in [5.41, 5.74) is 0.306. The van der Waals surface area contributed by atoms with E-state index in [1.807, 2.05) is 6.92 Å². The second-order valence-corrected chi connectivity index (χ2v) is 7.73. The molecular weight excluding hydrogens is 400 g/mol. The first-order valence-corrected chi connectivity index (χ1v) is 10.3. The van der Waals surface area contributed by atoms with Gasteiger partial charge in [-0.15, -0.1) is 0 Å². The maximum Gasteiger partial charge on any atom is 0.346 e. The molecule has 1 aliphatic heterocycles. The SMILES string of the molecule is CCC(Sc1ncccc1C(=O)Oc1ccccc1Cl)C(=O)N1CCOCC1. The third-order valence-electron chi connectivity index (χ3n) is 4.25. The first-order valence-electron chi connectivity index (χ1n) is 9.05. The number of nitrogens with zero attached hydrogens (tertiary/aromatic N) is 2. The van der Waals surface area contributed by atoms with Crippen LogP contribution in [0, 0.1) is 0 Å². The van der Waals surface area contributed by atoms with Crippen LogP contribution in [0.3, 0.4) is 0 Å². The van der Waals surface area contributed by atoms with Gasteiger partial charge in [0, 0.05) is 19.3 Å². The fourth-order valence-corrected chi connectivity index (χ4v) is 4.01. The van der Waals surface area contributed by atoms with E-state index in [1.165, 1.54) is 11.8 Å². The summed E-state index contributed by atoms with van der Waals surface area (Å²) in [4.78, 5) is 31.6. The van der Waals surface area contributed by atoms with E-state index in [-0.39, 0.29) is 16.9 Å². The quantitative estimate of drug-likeness (QED) is 0.403. The number of hydrogen-bond donors (Lipinski definition) is 0. The molecule has 0 radical (unpaired) electrons. The Labute approximate surface area is 173 Å². The molecule has 148 valence electrons. The number of morpholine rings is 1. The van der Waals surface area contributed by atoms with Gasteiger partial charge in [0.2, 0.25) is 5.91 Å². The fourth-order valence-electron chi connectivity index (χ4n) is 2.75. The Balaban J connectivity index is 1.76. The Morgan fingerprint density at radius 3 is 2.71 bits per heavy atom. The minimum Gasteiger partial charge on any atom is -0.421 e. The summed E-state index contributed by atoms with van der Waals surface area (Å²) in [6.45, 7) is 4.21. The number of carbonyl (C=O) groups excluding carboxylic acids is 2. The highest BCUT2D eigenvalue weighted by Crippen LogP contribution is 2.30. The normalized spacial score (nSPS) is 15.1. The average molecular weight is 421 g/mol. The summed E-state index contributed by atoms with van der Waals surface area (Å²) in [7, 11) is 0. The van der Waals surface area contributed by atoms with Crippen molar-refractivity contribution >= 4 is 35.2 Å². The Hall–Kier alpha value is -2.09. The zero-order valence-corrected chi connectivity index (χ0v) is 17.0. The van der Waals surface area contributed by atoms with Gasteiger partial charge in [0.15, 0.2) is 0 Å². The van der Waals surface area contributed by atoms with Gasteiger partial charge in [-0.2, -0.15) is 0 Å². The highest BCUT2D eigenvalue weighted by atomic mass is 35.5. The smallest absolute Gasteiger partial charge is 0.346 e. The van der Waals surface area contributed by atoms with Crippen LogP contribution in [0.1, 0.15) is 23.7 Å². The summed E-state index contributed by atoms with van der Waals surface area (Å²) >= 11 is 7.35. The van der Waals surface area contributed by atoms with Crippen molar-refractivity contribution in [2.45, 2.75) is 23.6 Å². The maximum absolute atomic E-state index is 12.8. The maximum atomic E-state index is 12.8. The van der Waals surface area contributed by atoms with Gasteiger partial charge in [0.05, 0.1) is 29.0 Å². The Morgan fingerprint density at radius 1 is 1.25 bits per heavy atom. The van der Waals surface area contributed by atoms with Crippen LogP contribution < -0.4 is 4.74 Å². The number of rotatable bonds is 6. The van der Waals surface area contributed by atoms with Crippen LogP contribution in [-0.4, -0.2) is 53.3 Å². The van der Waals surface area contributed by atoms with E-state index in [0.717, 1.165) is 0 Å². The summed E-state index contributed by atoms with van der Waals surface area (Å²) in [5, 5.41) is 0.482. The highest BCUT2D eigenvalue weighted by molar-refractivity contribution is 8.00. The zero-order chi connectivity index (χ0) is 19.9. The van der Waals surface area contributed by atoms with Crippen molar-refractivity contribution in [3.8, 4) is 5.75 Å². The molecule has 3 rings (SSSR count). The van der Waals surface area contributed by atoms with Gasteiger partial charge in [0.1, 0.15) is 10.8 Å². The van der Waals surface area contributed by atoms with E-state index in [4.69, 9.17) is 21.1 Å². The van der Waals surface area contributed by atoms with Crippen molar-refractivity contribution in [2.75, 3.05) is 26.3 Å². The predicted molar refractivity (Wildman–Crippen MR) is 108 cm³/mol. The monoisotopic (exact) mass is 420 g/mol. The molecule has 1 saturated heterocycles. The lowest BCUT2D eigenvalue weighted by Gasteiger charge is -2.29. The lowest BCUT2D eigenvalue weighted by Crippen LogP contribution is -2.44. The largest absolute Gasteiger partial charge is 0.421 e. The fraction of sp³-hybridized carbons (Fsp3) is 0.350. The van der Waals surface area contributed by atoms with Gasteiger partial charge in [-0.05, 0) is 30.7 Å². The van der Waals surface area contributed by atoms with Crippen LogP contribution in [0.2, 0.25) is 5.02 Å². The first-order chi connectivity index (χ1) is 13.6. The van der Waals surface area contributed by atoms with Crippen LogP contribution in [-0.2, 0) is 9.53 Å². The number of pyridine rings is 1. The van der Waals surface area contributed by atoms with Crippen molar-refractivity contribution in [2.24, 2.45) is 0 Å². The molecular formula is C20H21ClN2O4S. The Morgan fingerprint density at radius 2 is 2.00 bits per heavy atom. The molecule has 1 aromatic heterocycles. The van der Waals surface area contributed by atoms with Crippen LogP contribution in [0.4, 0.5) is 0 Å². The molecule has 0 bridgehead atoms. The van der Waals surface area contributed by atoms with E-state index in [2.05, 4.69) is 4.98 Å². The van der Waals surface area contributed by atoms with Crippen molar-refractivity contribution in [1.29, 1.82) is 0 Å². The summed E-state index contributed by atoms with van der Waals surface area (Å²) in [5.74, 6) is -0.241. The molecule has 0 aliphatic carbocycles. The van der Waals surface area contributed by atoms with Gasteiger partial charge >= 0.3 is 5.97 Å².